The molecule has 6 nitrogen and oxygen atoms in total. The first-order valence-electron chi connectivity index (χ1n) is 9.30. The average molecular weight is 363 g/mol. The maximum Gasteiger partial charge on any atom is 0.307 e. The molecule has 0 aliphatic rings. The van der Waals surface area contributed by atoms with Gasteiger partial charge in [0.1, 0.15) is 0 Å². The topological polar surface area (TPSA) is 66.0 Å². The maximum absolute atomic E-state index is 11.5. The van der Waals surface area contributed by atoms with Crippen molar-refractivity contribution in [2.75, 3.05) is 27.2 Å². The van der Waals surface area contributed by atoms with E-state index in [0.29, 0.717) is 25.0 Å². The number of ether oxygens (including phenoxy) is 1. The number of hydrogen-bond acceptors (Lipinski definition) is 4. The summed E-state index contributed by atoms with van der Waals surface area (Å²) in [4.78, 5) is 18.0. The second-order valence-corrected chi connectivity index (χ2v) is 6.75. The highest BCUT2D eigenvalue weighted by Crippen LogP contribution is 2.07. The predicted octanol–water partition coefficient (Wildman–Crippen LogP) is 2.40. The third kappa shape index (κ3) is 9.42. The number of rotatable bonds is 10. The fraction of sp³-hybridized carbons (Fsp3) is 0.600. The normalized spacial score (nSPS) is 13.0. The zero-order chi connectivity index (χ0) is 19.4. The van der Waals surface area contributed by atoms with Crippen LogP contribution in [0.1, 0.15) is 39.2 Å². The van der Waals surface area contributed by atoms with Gasteiger partial charge in [0.15, 0.2) is 5.96 Å². The maximum atomic E-state index is 11.5. The van der Waals surface area contributed by atoms with Crippen molar-refractivity contribution < 1.29 is 9.53 Å². The fourth-order valence-corrected chi connectivity index (χ4v) is 2.47. The molecule has 146 valence electrons. The van der Waals surface area contributed by atoms with Gasteiger partial charge in [0.05, 0.1) is 12.5 Å². The SMILES string of the molecule is CN=C(NCCC(=O)OC(C)C)NCCC(C)N(C)Cc1ccccc1. The van der Waals surface area contributed by atoms with Gasteiger partial charge in [0, 0.05) is 32.7 Å². The van der Waals surface area contributed by atoms with Crippen LogP contribution in [0.25, 0.3) is 0 Å². The number of esters is 1. The molecule has 1 atom stereocenters. The molecule has 0 bridgehead atoms. The summed E-state index contributed by atoms with van der Waals surface area (Å²) < 4.78 is 5.11. The highest BCUT2D eigenvalue weighted by molar-refractivity contribution is 5.80. The van der Waals surface area contributed by atoms with Crippen LogP contribution in [0.15, 0.2) is 35.3 Å². The first kappa shape index (κ1) is 22.0. The molecule has 2 N–H and O–H groups in total. The van der Waals surface area contributed by atoms with Gasteiger partial charge in [-0.15, -0.1) is 0 Å². The molecule has 1 unspecified atom stereocenters. The van der Waals surface area contributed by atoms with Gasteiger partial charge in [-0.3, -0.25) is 14.7 Å². The van der Waals surface area contributed by atoms with Gasteiger partial charge in [-0.25, -0.2) is 0 Å². The quantitative estimate of drug-likeness (QED) is 0.380. The van der Waals surface area contributed by atoms with Crippen molar-refractivity contribution >= 4 is 11.9 Å². The minimum Gasteiger partial charge on any atom is -0.463 e. The Kier molecular flexibility index (Phi) is 10.4. The number of nitrogens with zero attached hydrogens (tertiary/aromatic N) is 2. The van der Waals surface area contributed by atoms with Gasteiger partial charge in [0.2, 0.25) is 0 Å². The second kappa shape index (κ2) is 12.3. The molecule has 1 rings (SSSR count). The Bertz CT molecular complexity index is 546. The number of hydrogen-bond donors (Lipinski definition) is 2. The first-order chi connectivity index (χ1) is 12.4. The van der Waals surface area contributed by atoms with Crippen LogP contribution in [0, 0.1) is 0 Å². The number of benzene rings is 1. The summed E-state index contributed by atoms with van der Waals surface area (Å²) in [7, 11) is 3.87. The number of guanidine groups is 1. The zero-order valence-electron chi connectivity index (χ0n) is 16.8. The van der Waals surface area contributed by atoms with Gasteiger partial charge >= 0.3 is 5.97 Å². The Morgan fingerprint density at radius 1 is 1.15 bits per heavy atom. The van der Waals surface area contributed by atoms with Crippen LogP contribution in [0.4, 0.5) is 0 Å². The predicted molar refractivity (Wildman–Crippen MR) is 107 cm³/mol. The third-order valence-corrected chi connectivity index (χ3v) is 4.09. The van der Waals surface area contributed by atoms with Crippen LogP contribution in [0.2, 0.25) is 0 Å². The third-order valence-electron chi connectivity index (χ3n) is 4.09. The minimum atomic E-state index is -0.195. The van der Waals surface area contributed by atoms with E-state index in [-0.39, 0.29) is 12.1 Å². The van der Waals surface area contributed by atoms with Crippen LogP contribution in [-0.2, 0) is 16.1 Å². The van der Waals surface area contributed by atoms with Crippen LogP contribution in [0.3, 0.4) is 0 Å². The molecular weight excluding hydrogens is 328 g/mol. The van der Waals surface area contributed by atoms with Crippen molar-refractivity contribution in [3.8, 4) is 0 Å². The smallest absolute Gasteiger partial charge is 0.307 e. The van der Waals surface area contributed by atoms with Gasteiger partial charge < -0.3 is 15.4 Å². The number of nitrogens with one attached hydrogen (secondary N) is 2. The summed E-state index contributed by atoms with van der Waals surface area (Å²) in [5.74, 6) is 0.513. The van der Waals surface area contributed by atoms with E-state index in [2.05, 4.69) is 58.8 Å². The number of carbonyl (C=O) groups is 1. The van der Waals surface area contributed by atoms with Gasteiger partial charge in [-0.1, -0.05) is 30.3 Å². The van der Waals surface area contributed by atoms with Crippen LogP contribution >= 0.6 is 0 Å². The Morgan fingerprint density at radius 2 is 1.81 bits per heavy atom. The molecule has 26 heavy (non-hydrogen) atoms. The Morgan fingerprint density at radius 3 is 2.42 bits per heavy atom. The van der Waals surface area contributed by atoms with Crippen molar-refractivity contribution in [1.82, 2.24) is 15.5 Å². The van der Waals surface area contributed by atoms with E-state index < -0.39 is 0 Å². The molecule has 0 saturated heterocycles. The lowest BCUT2D eigenvalue weighted by Gasteiger charge is -2.25. The van der Waals surface area contributed by atoms with E-state index in [1.807, 2.05) is 19.9 Å². The molecule has 0 aliphatic carbocycles. The summed E-state index contributed by atoms with van der Waals surface area (Å²) in [5, 5.41) is 6.43. The van der Waals surface area contributed by atoms with Crippen molar-refractivity contribution in [1.29, 1.82) is 0 Å². The van der Waals surface area contributed by atoms with E-state index in [1.165, 1.54) is 5.56 Å². The molecule has 0 amide bonds. The zero-order valence-corrected chi connectivity index (χ0v) is 16.8. The summed E-state index contributed by atoms with van der Waals surface area (Å²) in [5.41, 5.74) is 1.32. The second-order valence-electron chi connectivity index (χ2n) is 6.75. The fourth-order valence-electron chi connectivity index (χ4n) is 2.47. The van der Waals surface area contributed by atoms with Crippen molar-refractivity contribution in [2.45, 2.75) is 52.3 Å². The van der Waals surface area contributed by atoms with Crippen molar-refractivity contribution in [2.24, 2.45) is 4.99 Å². The molecule has 0 heterocycles. The number of carbonyl (C=O) groups excluding carboxylic acids is 1. The van der Waals surface area contributed by atoms with E-state index in [0.717, 1.165) is 19.5 Å². The highest BCUT2D eigenvalue weighted by atomic mass is 16.5. The molecule has 1 aromatic rings. The van der Waals surface area contributed by atoms with Crippen LogP contribution < -0.4 is 10.6 Å². The number of aliphatic imine (C=N–C) groups is 1. The summed E-state index contributed by atoms with van der Waals surface area (Å²) in [6.45, 7) is 8.18. The molecular formula is C20H34N4O2. The summed E-state index contributed by atoms with van der Waals surface area (Å²) >= 11 is 0. The molecule has 0 radical (unpaired) electrons. The lowest BCUT2D eigenvalue weighted by molar-refractivity contribution is -0.147. The van der Waals surface area contributed by atoms with Crippen LogP contribution in [-0.4, -0.2) is 56.2 Å². The Labute approximate surface area is 158 Å². The summed E-state index contributed by atoms with van der Waals surface area (Å²) in [6.07, 6.45) is 1.25. The van der Waals surface area contributed by atoms with Gasteiger partial charge in [0.25, 0.3) is 0 Å². The van der Waals surface area contributed by atoms with E-state index in [4.69, 9.17) is 4.74 Å². The van der Waals surface area contributed by atoms with Crippen LogP contribution in [0.5, 0.6) is 0 Å². The molecule has 1 aromatic carbocycles. The molecule has 0 aromatic heterocycles. The van der Waals surface area contributed by atoms with E-state index >= 15 is 0 Å². The Balaban J connectivity index is 2.23. The van der Waals surface area contributed by atoms with E-state index in [1.54, 1.807) is 7.05 Å². The summed E-state index contributed by atoms with van der Waals surface area (Å²) in [6, 6.07) is 10.9. The molecule has 0 saturated carbocycles. The molecule has 0 spiro atoms. The first-order valence-corrected chi connectivity index (χ1v) is 9.30. The standard InChI is InChI=1S/C20H34N4O2/c1-16(2)26-19(25)12-14-23-20(21-4)22-13-11-17(3)24(5)15-18-9-7-6-8-10-18/h6-10,16-17H,11-15H2,1-5H3,(H2,21,22,23). The van der Waals surface area contributed by atoms with Crippen molar-refractivity contribution in [3.63, 3.8) is 0 Å². The molecule has 0 aliphatic heterocycles. The highest BCUT2D eigenvalue weighted by Gasteiger charge is 2.10. The largest absolute Gasteiger partial charge is 0.463 e. The minimum absolute atomic E-state index is 0.0747. The van der Waals surface area contributed by atoms with Gasteiger partial charge in [-0.05, 0) is 39.8 Å². The van der Waals surface area contributed by atoms with E-state index in [9.17, 15) is 4.79 Å². The lowest BCUT2D eigenvalue weighted by Crippen LogP contribution is -2.40. The average Bonchev–Trinajstić information content (AvgIpc) is 2.60. The molecule has 6 heteroatoms. The lowest BCUT2D eigenvalue weighted by atomic mass is 10.1. The Hall–Kier alpha value is -2.08. The molecule has 0 fully saturated rings. The monoisotopic (exact) mass is 362 g/mol. The van der Waals surface area contributed by atoms with Gasteiger partial charge in [-0.2, -0.15) is 0 Å². The van der Waals surface area contributed by atoms with Crippen molar-refractivity contribution in [3.05, 3.63) is 35.9 Å².